The van der Waals surface area contributed by atoms with Gasteiger partial charge >= 0.3 is 0 Å². The number of unbranched alkanes of at least 4 members (excludes halogenated alkanes) is 2. The highest BCUT2D eigenvalue weighted by Crippen LogP contribution is 2.25. The lowest BCUT2D eigenvalue weighted by atomic mass is 9.88. The first-order valence-corrected chi connectivity index (χ1v) is 5.48. The third-order valence-corrected chi connectivity index (χ3v) is 2.95. The van der Waals surface area contributed by atoms with Crippen LogP contribution in [0.1, 0.15) is 46.0 Å². The van der Waals surface area contributed by atoms with Crippen molar-refractivity contribution < 1.29 is 9.59 Å². The molecule has 1 heterocycles. The van der Waals surface area contributed by atoms with Gasteiger partial charge in [0, 0.05) is 12.3 Å². The molecule has 1 fully saturated rings. The molecule has 80 valence electrons. The standard InChI is InChI=1S/C11H19NO2/c1-3-4-5-6-8(2)9-7-10(13)12-11(9)14/h8-9H,3-7H2,1-2H3,(H,12,13,14). The second-order valence-corrected chi connectivity index (χ2v) is 4.20. The van der Waals surface area contributed by atoms with Gasteiger partial charge in [0.1, 0.15) is 0 Å². The number of carbonyl (C=O) groups excluding carboxylic acids is 2. The smallest absolute Gasteiger partial charge is 0.230 e. The predicted octanol–water partition coefficient (Wildman–Crippen LogP) is 1.87. The average molecular weight is 197 g/mol. The van der Waals surface area contributed by atoms with Crippen LogP contribution in [-0.2, 0) is 9.59 Å². The molecule has 0 aromatic carbocycles. The Morgan fingerprint density at radius 1 is 1.43 bits per heavy atom. The summed E-state index contributed by atoms with van der Waals surface area (Å²) in [4.78, 5) is 22.3. The minimum Gasteiger partial charge on any atom is -0.296 e. The fourth-order valence-corrected chi connectivity index (χ4v) is 1.95. The Morgan fingerprint density at radius 2 is 2.14 bits per heavy atom. The maximum Gasteiger partial charge on any atom is 0.230 e. The quantitative estimate of drug-likeness (QED) is 0.540. The van der Waals surface area contributed by atoms with E-state index < -0.39 is 0 Å². The molecule has 1 saturated heterocycles. The van der Waals surface area contributed by atoms with Crippen molar-refractivity contribution in [3.63, 3.8) is 0 Å². The van der Waals surface area contributed by atoms with Crippen LogP contribution in [0.15, 0.2) is 0 Å². The van der Waals surface area contributed by atoms with E-state index >= 15 is 0 Å². The lowest BCUT2D eigenvalue weighted by molar-refractivity contribution is -0.126. The fraction of sp³-hybridized carbons (Fsp3) is 0.818. The number of carbonyl (C=O) groups is 2. The summed E-state index contributed by atoms with van der Waals surface area (Å²) < 4.78 is 0. The Hall–Kier alpha value is -0.860. The van der Waals surface area contributed by atoms with Crippen molar-refractivity contribution in [3.8, 4) is 0 Å². The molecule has 1 aliphatic heterocycles. The van der Waals surface area contributed by atoms with Crippen molar-refractivity contribution >= 4 is 11.8 Å². The first-order chi connectivity index (χ1) is 6.65. The first kappa shape index (κ1) is 11.2. The molecule has 3 heteroatoms. The monoisotopic (exact) mass is 197 g/mol. The average Bonchev–Trinajstić information content (AvgIpc) is 2.45. The largest absolute Gasteiger partial charge is 0.296 e. The van der Waals surface area contributed by atoms with Gasteiger partial charge in [0.25, 0.3) is 0 Å². The zero-order valence-electron chi connectivity index (χ0n) is 9.01. The third kappa shape index (κ3) is 2.82. The highest BCUT2D eigenvalue weighted by Gasteiger charge is 2.33. The van der Waals surface area contributed by atoms with Crippen LogP contribution in [0.2, 0.25) is 0 Å². The Kier molecular flexibility index (Phi) is 4.11. The Morgan fingerprint density at radius 3 is 2.64 bits per heavy atom. The van der Waals surface area contributed by atoms with Gasteiger partial charge in [-0.3, -0.25) is 14.9 Å². The van der Waals surface area contributed by atoms with Gasteiger partial charge in [-0.25, -0.2) is 0 Å². The zero-order valence-corrected chi connectivity index (χ0v) is 9.01. The fourth-order valence-electron chi connectivity index (χ4n) is 1.95. The predicted molar refractivity (Wildman–Crippen MR) is 54.6 cm³/mol. The van der Waals surface area contributed by atoms with Gasteiger partial charge in [-0.15, -0.1) is 0 Å². The molecular formula is C11H19NO2. The van der Waals surface area contributed by atoms with Gasteiger partial charge in [-0.1, -0.05) is 33.1 Å². The van der Waals surface area contributed by atoms with Crippen LogP contribution in [0.25, 0.3) is 0 Å². The molecule has 0 saturated carbocycles. The van der Waals surface area contributed by atoms with Crippen LogP contribution in [0, 0.1) is 11.8 Å². The highest BCUT2D eigenvalue weighted by molar-refractivity contribution is 6.03. The number of hydrogen-bond acceptors (Lipinski definition) is 2. The van der Waals surface area contributed by atoms with E-state index in [0.29, 0.717) is 12.3 Å². The maximum absolute atomic E-state index is 11.3. The van der Waals surface area contributed by atoms with Gasteiger partial charge in [0.15, 0.2) is 0 Å². The van der Waals surface area contributed by atoms with Crippen LogP contribution < -0.4 is 5.32 Å². The maximum atomic E-state index is 11.3. The van der Waals surface area contributed by atoms with Crippen molar-refractivity contribution in [3.05, 3.63) is 0 Å². The van der Waals surface area contributed by atoms with Crippen LogP contribution in [0.3, 0.4) is 0 Å². The Labute approximate surface area is 85.3 Å². The molecule has 2 atom stereocenters. The molecule has 14 heavy (non-hydrogen) atoms. The lowest BCUT2D eigenvalue weighted by Gasteiger charge is -2.15. The van der Waals surface area contributed by atoms with E-state index in [9.17, 15) is 9.59 Å². The number of nitrogens with one attached hydrogen (secondary N) is 1. The topological polar surface area (TPSA) is 46.2 Å². The molecule has 2 unspecified atom stereocenters. The van der Waals surface area contributed by atoms with Gasteiger partial charge < -0.3 is 0 Å². The van der Waals surface area contributed by atoms with Crippen LogP contribution >= 0.6 is 0 Å². The summed E-state index contributed by atoms with van der Waals surface area (Å²) in [6.45, 7) is 4.23. The summed E-state index contributed by atoms with van der Waals surface area (Å²) in [6.07, 6.45) is 5.02. The minimum atomic E-state index is -0.109. The van der Waals surface area contributed by atoms with E-state index in [-0.39, 0.29) is 17.7 Å². The SMILES string of the molecule is CCCCCC(C)C1CC(=O)NC1=O. The van der Waals surface area contributed by atoms with E-state index in [1.165, 1.54) is 12.8 Å². The Bertz CT molecular complexity index is 225. The lowest BCUT2D eigenvalue weighted by Crippen LogP contribution is -2.25. The number of rotatable bonds is 5. The molecule has 0 aliphatic carbocycles. The molecule has 2 amide bonds. The molecular weight excluding hydrogens is 178 g/mol. The van der Waals surface area contributed by atoms with Gasteiger partial charge in [-0.05, 0) is 12.3 Å². The number of amides is 2. The summed E-state index contributed by atoms with van der Waals surface area (Å²) in [5, 5.41) is 2.36. The minimum absolute atomic E-state index is 0.0700. The summed E-state index contributed by atoms with van der Waals surface area (Å²) in [6, 6.07) is 0. The second-order valence-electron chi connectivity index (χ2n) is 4.20. The number of imide groups is 1. The van der Waals surface area contributed by atoms with Crippen molar-refractivity contribution in [2.45, 2.75) is 46.0 Å². The van der Waals surface area contributed by atoms with E-state index in [2.05, 4.69) is 19.2 Å². The van der Waals surface area contributed by atoms with E-state index in [1.54, 1.807) is 0 Å². The van der Waals surface area contributed by atoms with Crippen molar-refractivity contribution in [1.29, 1.82) is 0 Å². The molecule has 0 spiro atoms. The molecule has 0 aromatic rings. The second kappa shape index (κ2) is 5.13. The third-order valence-electron chi connectivity index (χ3n) is 2.95. The molecule has 0 aromatic heterocycles. The molecule has 1 N–H and O–H groups in total. The van der Waals surface area contributed by atoms with E-state index in [0.717, 1.165) is 12.8 Å². The molecule has 3 nitrogen and oxygen atoms in total. The van der Waals surface area contributed by atoms with Gasteiger partial charge in [0.2, 0.25) is 11.8 Å². The molecule has 0 radical (unpaired) electrons. The zero-order chi connectivity index (χ0) is 10.6. The summed E-state index contributed by atoms with van der Waals surface area (Å²) in [5.74, 6) is 0.0914. The van der Waals surface area contributed by atoms with E-state index in [1.807, 2.05) is 0 Å². The van der Waals surface area contributed by atoms with Crippen molar-refractivity contribution in [2.24, 2.45) is 11.8 Å². The summed E-state index contributed by atoms with van der Waals surface area (Å²) in [7, 11) is 0. The Balaban J connectivity index is 2.33. The van der Waals surface area contributed by atoms with Crippen LogP contribution in [0.4, 0.5) is 0 Å². The normalized spacial score (nSPS) is 23.7. The number of hydrogen-bond donors (Lipinski definition) is 1. The van der Waals surface area contributed by atoms with Crippen molar-refractivity contribution in [1.82, 2.24) is 5.32 Å². The van der Waals surface area contributed by atoms with Gasteiger partial charge in [0.05, 0.1) is 0 Å². The first-order valence-electron chi connectivity index (χ1n) is 5.48. The van der Waals surface area contributed by atoms with Crippen molar-refractivity contribution in [2.75, 3.05) is 0 Å². The summed E-state index contributed by atoms with van der Waals surface area (Å²) in [5.41, 5.74) is 0. The summed E-state index contributed by atoms with van der Waals surface area (Å²) >= 11 is 0. The molecule has 1 rings (SSSR count). The molecule has 0 bridgehead atoms. The van der Waals surface area contributed by atoms with Crippen LogP contribution in [0.5, 0.6) is 0 Å². The van der Waals surface area contributed by atoms with Gasteiger partial charge in [-0.2, -0.15) is 0 Å². The van der Waals surface area contributed by atoms with Crippen LogP contribution in [-0.4, -0.2) is 11.8 Å². The van der Waals surface area contributed by atoms with E-state index in [4.69, 9.17) is 0 Å². The molecule has 1 aliphatic rings. The highest BCUT2D eigenvalue weighted by atomic mass is 16.2.